The van der Waals surface area contributed by atoms with E-state index in [0.29, 0.717) is 26.3 Å². The van der Waals surface area contributed by atoms with E-state index in [9.17, 15) is 45.5 Å². The molecule has 0 fully saturated rings. The summed E-state index contributed by atoms with van der Waals surface area (Å²) in [6, 6.07) is 0. The zero-order valence-corrected chi connectivity index (χ0v) is 11.9. The lowest BCUT2D eigenvalue weighted by molar-refractivity contribution is -0.229. The minimum atomic E-state index is -5.93. The maximum Gasteiger partial charge on any atom is 0.471 e. The molecule has 0 aliphatic heterocycles. The molecule has 0 saturated carbocycles. The Morgan fingerprint density at radius 3 is 1.52 bits per heavy atom. The Bertz CT molecular complexity index is 512. The van der Waals surface area contributed by atoms with Crippen molar-refractivity contribution in [2.24, 2.45) is 5.92 Å². The predicted molar refractivity (Wildman–Crippen MR) is 59.9 cm³/mol. The summed E-state index contributed by atoms with van der Waals surface area (Å²) in [5, 5.41) is 0.419. The van der Waals surface area contributed by atoms with Crippen molar-refractivity contribution in [1.29, 1.82) is 0 Å². The van der Waals surface area contributed by atoms with Crippen molar-refractivity contribution >= 4 is 23.4 Å². The molecule has 6 nitrogen and oxygen atoms in total. The van der Waals surface area contributed by atoms with E-state index in [1.54, 1.807) is 0 Å². The monoisotopic (exact) mass is 351 g/mol. The number of methoxy groups -OCH3 is 1. The molecule has 1 atom stereocenters. The highest BCUT2D eigenvalue weighted by atomic mass is 19.4. The molecule has 132 valence electrons. The normalized spacial score (nSPS) is 14.9. The van der Waals surface area contributed by atoms with Gasteiger partial charge in [0.25, 0.3) is 5.54 Å². The molecular formula is C11H11F6NO5. The van der Waals surface area contributed by atoms with Gasteiger partial charge in [0.2, 0.25) is 0 Å². The summed E-state index contributed by atoms with van der Waals surface area (Å²) in [6.45, 7) is 0.907. The van der Waals surface area contributed by atoms with Gasteiger partial charge < -0.3 is 10.1 Å². The number of Topliss-reactive ketones (excluding diaryl/α,β-unsaturated/α-hetero) is 2. The SMILES string of the molecule is COC(=O)[C@](NC(=O)C(F)(F)F)(C(C(C)=O)C(C)=O)C(F)(F)F. The molecule has 0 heterocycles. The van der Waals surface area contributed by atoms with Crippen LogP contribution in [0.4, 0.5) is 26.3 Å². The number of hydrogen-bond donors (Lipinski definition) is 1. The Balaban J connectivity index is 6.55. The third-order valence-corrected chi connectivity index (χ3v) is 2.77. The van der Waals surface area contributed by atoms with Crippen LogP contribution in [0.2, 0.25) is 0 Å². The predicted octanol–water partition coefficient (Wildman–Crippen LogP) is 0.933. The highest BCUT2D eigenvalue weighted by Gasteiger charge is 2.70. The number of nitrogens with one attached hydrogen (secondary N) is 1. The number of carbonyl (C=O) groups excluding carboxylic acids is 4. The average molecular weight is 351 g/mol. The van der Waals surface area contributed by atoms with Crippen molar-refractivity contribution in [2.75, 3.05) is 7.11 Å². The number of carbonyl (C=O) groups is 4. The van der Waals surface area contributed by atoms with Crippen LogP contribution in [0.25, 0.3) is 0 Å². The number of halogens is 6. The van der Waals surface area contributed by atoms with Crippen LogP contribution in [-0.2, 0) is 23.9 Å². The number of rotatable bonds is 5. The number of ketones is 2. The van der Waals surface area contributed by atoms with Crippen molar-refractivity contribution in [1.82, 2.24) is 5.32 Å². The van der Waals surface area contributed by atoms with Gasteiger partial charge in [0, 0.05) is 0 Å². The third-order valence-electron chi connectivity index (χ3n) is 2.77. The molecule has 0 aromatic carbocycles. The van der Waals surface area contributed by atoms with Crippen molar-refractivity contribution in [3.63, 3.8) is 0 Å². The Labute approximate surface area is 125 Å². The summed E-state index contributed by atoms with van der Waals surface area (Å²) in [7, 11) is 0.389. The zero-order valence-electron chi connectivity index (χ0n) is 11.9. The van der Waals surface area contributed by atoms with E-state index in [4.69, 9.17) is 0 Å². The van der Waals surface area contributed by atoms with Crippen molar-refractivity contribution in [2.45, 2.75) is 31.7 Å². The number of amides is 1. The summed E-state index contributed by atoms with van der Waals surface area (Å²) in [5.41, 5.74) is -4.49. The molecule has 0 aliphatic carbocycles. The lowest BCUT2D eigenvalue weighted by Gasteiger charge is -2.37. The molecule has 12 heteroatoms. The summed E-state index contributed by atoms with van der Waals surface area (Å²) >= 11 is 0. The second kappa shape index (κ2) is 6.54. The van der Waals surface area contributed by atoms with Crippen LogP contribution in [-0.4, -0.2) is 48.4 Å². The van der Waals surface area contributed by atoms with E-state index in [-0.39, 0.29) is 0 Å². The van der Waals surface area contributed by atoms with Gasteiger partial charge in [0.05, 0.1) is 7.11 Å². The van der Waals surface area contributed by atoms with Gasteiger partial charge in [-0.1, -0.05) is 0 Å². The first-order valence-corrected chi connectivity index (χ1v) is 5.68. The molecule has 0 saturated heterocycles. The van der Waals surface area contributed by atoms with Gasteiger partial charge >= 0.3 is 24.2 Å². The fraction of sp³-hybridized carbons (Fsp3) is 0.636. The summed E-state index contributed by atoms with van der Waals surface area (Å²) < 4.78 is 80.7. The number of ether oxygens (including phenoxy) is 1. The lowest BCUT2D eigenvalue weighted by atomic mass is 9.77. The summed E-state index contributed by atoms with van der Waals surface area (Å²) in [4.78, 5) is 45.2. The second-order valence-electron chi connectivity index (χ2n) is 4.40. The van der Waals surface area contributed by atoms with Crippen LogP contribution in [0.15, 0.2) is 0 Å². The van der Waals surface area contributed by atoms with Gasteiger partial charge in [0.1, 0.15) is 17.5 Å². The Hall–Kier alpha value is -2.14. The van der Waals surface area contributed by atoms with E-state index >= 15 is 0 Å². The Morgan fingerprint density at radius 2 is 1.30 bits per heavy atom. The van der Waals surface area contributed by atoms with Crippen LogP contribution in [0.3, 0.4) is 0 Å². The second-order valence-corrected chi connectivity index (χ2v) is 4.40. The van der Waals surface area contributed by atoms with E-state index in [1.165, 1.54) is 0 Å². The first-order chi connectivity index (χ1) is 10.1. The Kier molecular flexibility index (Phi) is 5.93. The molecule has 0 rings (SSSR count). The first-order valence-electron chi connectivity index (χ1n) is 5.68. The quantitative estimate of drug-likeness (QED) is 0.452. The molecule has 0 aliphatic rings. The molecule has 0 aromatic rings. The topological polar surface area (TPSA) is 89.5 Å². The van der Waals surface area contributed by atoms with E-state index in [0.717, 1.165) is 0 Å². The lowest BCUT2D eigenvalue weighted by Crippen LogP contribution is -2.72. The smallest absolute Gasteiger partial charge is 0.467 e. The number of alkyl halides is 6. The van der Waals surface area contributed by atoms with Crippen LogP contribution in [0.1, 0.15) is 13.8 Å². The van der Waals surface area contributed by atoms with Crippen molar-refractivity contribution < 1.29 is 50.3 Å². The molecule has 0 aromatic heterocycles. The average Bonchev–Trinajstić information content (AvgIpc) is 2.32. The standard InChI is InChI=1S/C11H11F6NO5/c1-4(19)6(5(2)20)9(8(22)23-3,11(15,16)17)18-7(21)10(12,13)14/h6H,1-3H3,(H,18,21)/t9-/m1/s1. The van der Waals surface area contributed by atoms with Gasteiger partial charge in [0.15, 0.2) is 0 Å². The van der Waals surface area contributed by atoms with Gasteiger partial charge in [-0.15, -0.1) is 0 Å². The Morgan fingerprint density at radius 1 is 0.913 bits per heavy atom. The largest absolute Gasteiger partial charge is 0.471 e. The molecule has 23 heavy (non-hydrogen) atoms. The van der Waals surface area contributed by atoms with E-state index in [1.807, 2.05) is 0 Å². The highest BCUT2D eigenvalue weighted by Crippen LogP contribution is 2.39. The fourth-order valence-electron chi connectivity index (χ4n) is 1.90. The minimum Gasteiger partial charge on any atom is -0.467 e. The van der Waals surface area contributed by atoms with Crippen molar-refractivity contribution in [3.05, 3.63) is 0 Å². The molecule has 0 unspecified atom stereocenters. The van der Waals surface area contributed by atoms with E-state index in [2.05, 4.69) is 4.74 Å². The van der Waals surface area contributed by atoms with Gasteiger partial charge in [-0.3, -0.25) is 14.4 Å². The molecular weight excluding hydrogens is 340 g/mol. The zero-order chi connectivity index (χ0) is 18.8. The third kappa shape index (κ3) is 3.99. The van der Waals surface area contributed by atoms with Gasteiger partial charge in [-0.05, 0) is 13.8 Å². The minimum absolute atomic E-state index is 0.389. The maximum absolute atomic E-state index is 13.3. The van der Waals surface area contributed by atoms with Crippen LogP contribution in [0, 0.1) is 5.92 Å². The molecule has 0 bridgehead atoms. The highest BCUT2D eigenvalue weighted by molar-refractivity contribution is 6.08. The van der Waals surface area contributed by atoms with Gasteiger partial charge in [-0.25, -0.2) is 4.79 Å². The van der Waals surface area contributed by atoms with Crippen LogP contribution in [0.5, 0.6) is 0 Å². The number of hydrogen-bond acceptors (Lipinski definition) is 5. The molecule has 0 radical (unpaired) electrons. The van der Waals surface area contributed by atoms with Crippen LogP contribution < -0.4 is 5.32 Å². The van der Waals surface area contributed by atoms with Crippen molar-refractivity contribution in [3.8, 4) is 0 Å². The molecule has 1 amide bonds. The fourth-order valence-corrected chi connectivity index (χ4v) is 1.90. The molecule has 1 N–H and O–H groups in total. The number of esters is 1. The summed E-state index contributed by atoms with van der Waals surface area (Å²) in [6.07, 6.45) is -11.7. The van der Waals surface area contributed by atoms with Gasteiger partial charge in [-0.2, -0.15) is 26.3 Å². The molecule has 0 spiro atoms. The maximum atomic E-state index is 13.3. The summed E-state index contributed by atoms with van der Waals surface area (Å²) in [5.74, 6) is -11.7. The first kappa shape index (κ1) is 20.9. The van der Waals surface area contributed by atoms with E-state index < -0.39 is 47.3 Å². The van der Waals surface area contributed by atoms with Crippen LogP contribution >= 0.6 is 0 Å².